The molecule has 0 unspecified atom stereocenters. The van der Waals surface area contributed by atoms with Crippen LogP contribution in [0.2, 0.25) is 0 Å². The van der Waals surface area contributed by atoms with E-state index in [1.807, 2.05) is 6.07 Å². The smallest absolute Gasteiger partial charge is 0.303 e. The molecule has 0 saturated heterocycles. The van der Waals surface area contributed by atoms with Gasteiger partial charge in [0.15, 0.2) is 11.5 Å². The Labute approximate surface area is 276 Å². The van der Waals surface area contributed by atoms with Gasteiger partial charge in [-0.1, -0.05) is 35.3 Å². The molecule has 0 aliphatic heterocycles. The highest BCUT2D eigenvalue weighted by atomic mass is 35.5. The van der Waals surface area contributed by atoms with Gasteiger partial charge in [0.1, 0.15) is 39.5 Å². The molecule has 0 bridgehead atoms. The van der Waals surface area contributed by atoms with Crippen molar-refractivity contribution in [3.05, 3.63) is 123 Å². The molecule has 0 amide bonds. The number of ether oxygens (including phenoxy) is 2. The van der Waals surface area contributed by atoms with Crippen LogP contribution in [-0.2, 0) is 17.6 Å². The van der Waals surface area contributed by atoms with E-state index in [4.69, 9.17) is 49.6 Å². The van der Waals surface area contributed by atoms with Crippen molar-refractivity contribution >= 4 is 40.6 Å². The second-order valence-electron chi connectivity index (χ2n) is 10.00. The number of aliphatic carboxylic acids is 1. The van der Waals surface area contributed by atoms with Crippen molar-refractivity contribution < 1.29 is 41.7 Å². The standard InChI is InChI=1S/C17H10Cl2FNO2.C17H12F3NO3/c18-17(19)16-13-1-3-14(22)12(13)2-4-15(16)23-11-6-9(8-21)5-10(20)7-11;1-21-12-7-11(18)8-13(9-12)24-14-4-2-3-10(5-6-15(22)23)16(14)17(19)20/h2,4-7,17H,1,3H2;2-4,7-9,17H,5-6H2,(H,22,23). The zero-order valence-corrected chi connectivity index (χ0v) is 25.6. The first-order valence-electron chi connectivity index (χ1n) is 13.7. The molecule has 1 N–H and O–H groups in total. The number of nitrogens with zero attached hydrogens (tertiary/aromatic N) is 2. The van der Waals surface area contributed by atoms with Gasteiger partial charge in [-0.15, -0.1) is 0 Å². The number of aryl methyl sites for hydroxylation is 1. The van der Waals surface area contributed by atoms with Gasteiger partial charge in [0.25, 0.3) is 6.43 Å². The van der Waals surface area contributed by atoms with E-state index in [2.05, 4.69) is 4.85 Å². The molecular weight excluding hydrogens is 663 g/mol. The lowest BCUT2D eigenvalue weighted by atomic mass is 10.0. The number of alkyl halides is 4. The summed E-state index contributed by atoms with van der Waals surface area (Å²) in [7, 11) is 0. The van der Waals surface area contributed by atoms with Gasteiger partial charge in [-0.05, 0) is 66.4 Å². The van der Waals surface area contributed by atoms with E-state index in [0.29, 0.717) is 29.7 Å². The second kappa shape index (κ2) is 15.5. The third-order valence-corrected chi connectivity index (χ3v) is 7.30. The van der Waals surface area contributed by atoms with E-state index in [1.54, 1.807) is 12.1 Å². The Hall–Kier alpha value is -5.10. The molecule has 4 aromatic carbocycles. The maximum absolute atomic E-state index is 13.5. The fraction of sp³-hybridized carbons (Fsp3) is 0.176. The van der Waals surface area contributed by atoms with Gasteiger partial charge in [0.2, 0.25) is 0 Å². The van der Waals surface area contributed by atoms with Crippen molar-refractivity contribution in [1.29, 1.82) is 5.26 Å². The Kier molecular flexibility index (Phi) is 11.4. The molecule has 0 heterocycles. The van der Waals surface area contributed by atoms with Crippen molar-refractivity contribution in [2.75, 3.05) is 0 Å². The highest BCUT2D eigenvalue weighted by molar-refractivity contribution is 6.44. The van der Waals surface area contributed by atoms with Crippen LogP contribution in [0, 0.1) is 29.5 Å². The van der Waals surface area contributed by atoms with E-state index in [0.717, 1.165) is 23.8 Å². The number of fused-ring (bicyclic) bond motifs is 1. The number of carboxylic acid groups (broad SMARTS) is 1. The average Bonchev–Trinajstić information content (AvgIpc) is 3.39. The monoisotopic (exact) mass is 684 g/mol. The van der Waals surface area contributed by atoms with Crippen LogP contribution >= 0.6 is 23.2 Å². The van der Waals surface area contributed by atoms with E-state index in [9.17, 15) is 27.2 Å². The summed E-state index contributed by atoms with van der Waals surface area (Å²) in [6.07, 6.45) is -2.32. The third-order valence-electron chi connectivity index (χ3n) is 6.86. The van der Waals surface area contributed by atoms with Gasteiger partial charge >= 0.3 is 5.97 Å². The maximum atomic E-state index is 13.5. The van der Waals surface area contributed by atoms with Crippen molar-refractivity contribution in [2.24, 2.45) is 0 Å². The van der Waals surface area contributed by atoms with Gasteiger partial charge in [0, 0.05) is 36.1 Å². The minimum atomic E-state index is -2.89. The first-order chi connectivity index (χ1) is 22.4. The number of ketones is 1. The highest BCUT2D eigenvalue weighted by Gasteiger charge is 2.28. The number of halogens is 6. The summed E-state index contributed by atoms with van der Waals surface area (Å²) in [5.41, 5.74) is 1.70. The summed E-state index contributed by atoms with van der Waals surface area (Å²) in [6, 6.07) is 16.1. The number of carboxylic acids is 1. The van der Waals surface area contributed by atoms with Gasteiger partial charge in [-0.3, -0.25) is 9.59 Å². The van der Waals surface area contributed by atoms with Crippen LogP contribution < -0.4 is 9.47 Å². The third kappa shape index (κ3) is 8.79. The number of benzene rings is 4. The molecule has 0 aromatic heterocycles. The van der Waals surface area contributed by atoms with Gasteiger partial charge in [-0.25, -0.2) is 22.4 Å². The lowest BCUT2D eigenvalue weighted by Crippen LogP contribution is -2.03. The molecule has 1 aliphatic rings. The summed E-state index contributed by atoms with van der Waals surface area (Å²) in [5, 5.41) is 17.6. The molecule has 5 rings (SSSR count). The van der Waals surface area contributed by atoms with Gasteiger partial charge < -0.3 is 14.6 Å². The van der Waals surface area contributed by atoms with Crippen molar-refractivity contribution in [3.63, 3.8) is 0 Å². The maximum Gasteiger partial charge on any atom is 0.303 e. The minimum Gasteiger partial charge on any atom is -0.481 e. The molecule has 0 saturated carbocycles. The topological polar surface area (TPSA) is 101 Å². The Bertz CT molecular complexity index is 1920. The molecule has 0 spiro atoms. The van der Waals surface area contributed by atoms with E-state index < -0.39 is 34.4 Å². The quantitative estimate of drug-likeness (QED) is 0.107. The SMILES string of the molecule is N#Cc1cc(F)cc(Oc2ccc3c(c2C(Cl)Cl)CCC3=O)c1.[C-]#[N+]c1cc(F)cc(Oc2cccc(CCC(=O)O)c2C(F)F)c1. The Morgan fingerprint density at radius 3 is 2.23 bits per heavy atom. The van der Waals surface area contributed by atoms with Crippen LogP contribution in [0.1, 0.15) is 62.3 Å². The highest BCUT2D eigenvalue weighted by Crippen LogP contribution is 2.42. The first-order valence-corrected chi connectivity index (χ1v) is 14.6. The normalized spacial score (nSPS) is 11.7. The molecule has 0 radical (unpaired) electrons. The number of rotatable bonds is 9. The summed E-state index contributed by atoms with van der Waals surface area (Å²) in [4.78, 5) is 24.7. The second-order valence-corrected chi connectivity index (χ2v) is 11.1. The number of carbonyl (C=O) groups excluding carboxylic acids is 1. The summed E-state index contributed by atoms with van der Waals surface area (Å²) >= 11 is 12.1. The zero-order valence-electron chi connectivity index (χ0n) is 24.1. The molecule has 13 heteroatoms. The minimum absolute atomic E-state index is 0.0226. The van der Waals surface area contributed by atoms with E-state index >= 15 is 0 Å². The number of hydrogen-bond acceptors (Lipinski definition) is 5. The molecule has 4 aromatic rings. The Morgan fingerprint density at radius 1 is 0.957 bits per heavy atom. The number of nitriles is 1. The van der Waals surface area contributed by atoms with Crippen LogP contribution in [0.4, 0.5) is 23.2 Å². The van der Waals surface area contributed by atoms with E-state index in [1.165, 1.54) is 36.4 Å². The predicted octanol–water partition coefficient (Wildman–Crippen LogP) is 10.2. The summed E-state index contributed by atoms with van der Waals surface area (Å²) in [6.45, 7) is 6.88. The Balaban J connectivity index is 0.000000213. The largest absolute Gasteiger partial charge is 0.481 e. The Morgan fingerprint density at radius 2 is 1.62 bits per heavy atom. The molecule has 0 fully saturated rings. The number of Topliss-reactive ketones (excluding diaryl/α,β-unsaturated/α-hetero) is 1. The molecule has 47 heavy (non-hydrogen) atoms. The number of carbonyl (C=O) groups is 2. The number of hydrogen-bond donors (Lipinski definition) is 1. The lowest BCUT2D eigenvalue weighted by Gasteiger charge is -2.16. The van der Waals surface area contributed by atoms with E-state index in [-0.39, 0.29) is 52.7 Å². The first kappa shape index (κ1) is 34.8. The van der Waals surface area contributed by atoms with Crippen LogP contribution in [0.3, 0.4) is 0 Å². The zero-order chi connectivity index (χ0) is 34.2. The van der Waals surface area contributed by atoms with Gasteiger partial charge in [0.05, 0.1) is 23.8 Å². The van der Waals surface area contributed by atoms with Crippen LogP contribution in [-0.4, -0.2) is 16.9 Å². The average molecular weight is 685 g/mol. The summed E-state index contributed by atoms with van der Waals surface area (Å²) in [5.74, 6) is -2.13. The van der Waals surface area contributed by atoms with Crippen molar-refractivity contribution in [2.45, 2.75) is 36.9 Å². The van der Waals surface area contributed by atoms with Gasteiger partial charge in [-0.2, -0.15) is 5.26 Å². The van der Waals surface area contributed by atoms with Crippen LogP contribution in [0.25, 0.3) is 4.85 Å². The van der Waals surface area contributed by atoms with Crippen LogP contribution in [0.5, 0.6) is 23.0 Å². The van der Waals surface area contributed by atoms with Crippen molar-refractivity contribution in [3.8, 4) is 29.1 Å². The van der Waals surface area contributed by atoms with Crippen molar-refractivity contribution in [1.82, 2.24) is 0 Å². The predicted molar refractivity (Wildman–Crippen MR) is 165 cm³/mol. The molecule has 7 nitrogen and oxygen atoms in total. The fourth-order valence-corrected chi connectivity index (χ4v) is 5.35. The lowest BCUT2D eigenvalue weighted by molar-refractivity contribution is -0.136. The molecular formula is C34H22Cl2F4N2O5. The van der Waals surface area contributed by atoms with Crippen LogP contribution in [0.15, 0.2) is 66.7 Å². The molecule has 240 valence electrons. The summed E-state index contributed by atoms with van der Waals surface area (Å²) < 4.78 is 64.7. The molecule has 0 atom stereocenters. The molecule has 1 aliphatic carbocycles. The fourth-order valence-electron chi connectivity index (χ4n) is 4.87.